The molecular formula is C16H21N3O2S. The van der Waals surface area contributed by atoms with Crippen molar-refractivity contribution in [2.24, 2.45) is 5.92 Å². The second-order valence-corrected chi connectivity index (χ2v) is 6.61. The summed E-state index contributed by atoms with van der Waals surface area (Å²) in [4.78, 5) is 18.5. The Morgan fingerprint density at radius 3 is 3.23 bits per heavy atom. The lowest BCUT2D eigenvalue weighted by Gasteiger charge is -2.32. The highest BCUT2D eigenvalue weighted by molar-refractivity contribution is 7.08. The summed E-state index contributed by atoms with van der Waals surface area (Å²) < 4.78 is 5.37. The number of hydrogen-bond donors (Lipinski definition) is 0. The third-order valence-corrected chi connectivity index (χ3v) is 4.73. The number of thiophene rings is 1. The average Bonchev–Trinajstić information content (AvgIpc) is 3.18. The number of rotatable bonds is 5. The number of piperidine rings is 1. The summed E-state index contributed by atoms with van der Waals surface area (Å²) in [7, 11) is 0. The topological polar surface area (TPSA) is 59.2 Å². The Labute approximate surface area is 134 Å². The van der Waals surface area contributed by atoms with Crippen molar-refractivity contribution in [3.8, 4) is 11.4 Å². The van der Waals surface area contributed by atoms with Gasteiger partial charge in [-0.1, -0.05) is 12.1 Å². The van der Waals surface area contributed by atoms with Gasteiger partial charge >= 0.3 is 0 Å². The van der Waals surface area contributed by atoms with Crippen molar-refractivity contribution in [1.82, 2.24) is 15.0 Å². The SMILES string of the molecule is CCCC(=O)N1CCCC(Cc2nc(-c3ccsc3)no2)C1. The summed E-state index contributed by atoms with van der Waals surface area (Å²) in [5.74, 6) is 2.03. The molecule has 1 amide bonds. The van der Waals surface area contributed by atoms with Crippen molar-refractivity contribution < 1.29 is 9.32 Å². The van der Waals surface area contributed by atoms with Gasteiger partial charge in [-0.2, -0.15) is 16.3 Å². The first-order valence-corrected chi connectivity index (χ1v) is 8.83. The van der Waals surface area contributed by atoms with E-state index < -0.39 is 0 Å². The summed E-state index contributed by atoms with van der Waals surface area (Å²) in [5.41, 5.74) is 1.00. The molecular weight excluding hydrogens is 298 g/mol. The van der Waals surface area contributed by atoms with Crippen LogP contribution in [0, 0.1) is 5.92 Å². The van der Waals surface area contributed by atoms with Gasteiger partial charge in [0, 0.05) is 36.9 Å². The van der Waals surface area contributed by atoms with Crippen LogP contribution in [0.4, 0.5) is 0 Å². The van der Waals surface area contributed by atoms with E-state index in [9.17, 15) is 4.79 Å². The Bertz CT molecular complexity index is 609. The van der Waals surface area contributed by atoms with Crippen LogP contribution < -0.4 is 0 Å². The Balaban J connectivity index is 1.60. The van der Waals surface area contributed by atoms with E-state index in [4.69, 9.17) is 4.52 Å². The van der Waals surface area contributed by atoms with Crippen molar-refractivity contribution in [2.45, 2.75) is 39.0 Å². The first kappa shape index (κ1) is 15.2. The fraction of sp³-hybridized carbons (Fsp3) is 0.562. The summed E-state index contributed by atoms with van der Waals surface area (Å²) in [6, 6.07) is 1.99. The fourth-order valence-corrected chi connectivity index (χ4v) is 3.56. The maximum atomic E-state index is 12.0. The highest BCUT2D eigenvalue weighted by Gasteiger charge is 2.25. The van der Waals surface area contributed by atoms with E-state index in [2.05, 4.69) is 10.1 Å². The second-order valence-electron chi connectivity index (χ2n) is 5.83. The first-order chi connectivity index (χ1) is 10.8. The van der Waals surface area contributed by atoms with E-state index in [1.54, 1.807) is 11.3 Å². The number of likely N-dealkylation sites (tertiary alicyclic amines) is 1. The standard InChI is InChI=1S/C16H21N3O2S/c1-2-4-15(20)19-7-3-5-12(10-19)9-14-17-16(18-21-14)13-6-8-22-11-13/h6,8,11-12H,2-5,7,9-10H2,1H3. The molecule has 3 heterocycles. The second kappa shape index (κ2) is 7.05. The van der Waals surface area contributed by atoms with Gasteiger partial charge in [-0.3, -0.25) is 4.79 Å². The molecule has 1 fully saturated rings. The van der Waals surface area contributed by atoms with E-state index in [1.807, 2.05) is 28.7 Å². The molecule has 1 aliphatic rings. The quantitative estimate of drug-likeness (QED) is 0.847. The molecule has 0 saturated carbocycles. The molecule has 118 valence electrons. The van der Waals surface area contributed by atoms with E-state index in [0.717, 1.165) is 44.3 Å². The number of hydrogen-bond acceptors (Lipinski definition) is 5. The zero-order chi connectivity index (χ0) is 15.4. The van der Waals surface area contributed by atoms with Gasteiger partial charge in [-0.25, -0.2) is 0 Å². The first-order valence-electron chi connectivity index (χ1n) is 7.89. The van der Waals surface area contributed by atoms with Crippen LogP contribution in [0.2, 0.25) is 0 Å². The number of carbonyl (C=O) groups is 1. The van der Waals surface area contributed by atoms with Crippen molar-refractivity contribution in [1.29, 1.82) is 0 Å². The molecule has 22 heavy (non-hydrogen) atoms. The minimum atomic E-state index is 0.275. The van der Waals surface area contributed by atoms with Crippen LogP contribution in [0.5, 0.6) is 0 Å². The summed E-state index contributed by atoms with van der Waals surface area (Å²) >= 11 is 1.62. The minimum Gasteiger partial charge on any atom is -0.342 e. The molecule has 0 aromatic carbocycles. The molecule has 6 heteroatoms. The largest absolute Gasteiger partial charge is 0.342 e. The number of aromatic nitrogens is 2. The molecule has 1 aliphatic heterocycles. The molecule has 0 spiro atoms. The Kier molecular flexibility index (Phi) is 4.87. The molecule has 1 atom stereocenters. The lowest BCUT2D eigenvalue weighted by Crippen LogP contribution is -2.40. The van der Waals surface area contributed by atoms with Crippen LogP contribution in [0.1, 0.15) is 38.5 Å². The third kappa shape index (κ3) is 3.55. The number of nitrogens with zero attached hydrogens (tertiary/aromatic N) is 3. The molecule has 2 aromatic rings. The highest BCUT2D eigenvalue weighted by atomic mass is 32.1. The summed E-state index contributed by atoms with van der Waals surface area (Å²) in [5, 5.41) is 8.07. The fourth-order valence-electron chi connectivity index (χ4n) is 2.92. The van der Waals surface area contributed by atoms with Crippen molar-refractivity contribution in [3.63, 3.8) is 0 Å². The summed E-state index contributed by atoms with van der Waals surface area (Å²) in [6.45, 7) is 3.75. The average molecular weight is 319 g/mol. The molecule has 0 radical (unpaired) electrons. The van der Waals surface area contributed by atoms with Crippen molar-refractivity contribution >= 4 is 17.2 Å². The Hall–Kier alpha value is -1.69. The monoisotopic (exact) mass is 319 g/mol. The van der Waals surface area contributed by atoms with Crippen LogP contribution in [-0.4, -0.2) is 34.0 Å². The smallest absolute Gasteiger partial charge is 0.227 e. The maximum Gasteiger partial charge on any atom is 0.227 e. The van der Waals surface area contributed by atoms with Crippen LogP contribution in [0.3, 0.4) is 0 Å². The number of carbonyl (C=O) groups excluding carboxylic acids is 1. The van der Waals surface area contributed by atoms with Gasteiger partial charge in [-0.15, -0.1) is 0 Å². The van der Waals surface area contributed by atoms with Crippen LogP contribution in [-0.2, 0) is 11.2 Å². The highest BCUT2D eigenvalue weighted by Crippen LogP contribution is 2.23. The minimum absolute atomic E-state index is 0.275. The molecule has 0 bridgehead atoms. The summed E-state index contributed by atoms with van der Waals surface area (Å²) in [6.07, 6.45) is 4.49. The normalized spacial score (nSPS) is 18.6. The lowest BCUT2D eigenvalue weighted by molar-refractivity contribution is -0.133. The van der Waals surface area contributed by atoms with E-state index in [0.29, 0.717) is 24.1 Å². The van der Waals surface area contributed by atoms with Crippen LogP contribution >= 0.6 is 11.3 Å². The predicted octanol–water partition coefficient (Wildman–Crippen LogP) is 3.38. The van der Waals surface area contributed by atoms with Crippen LogP contribution in [0.25, 0.3) is 11.4 Å². The Morgan fingerprint density at radius 2 is 2.45 bits per heavy atom. The van der Waals surface area contributed by atoms with Crippen LogP contribution in [0.15, 0.2) is 21.3 Å². The van der Waals surface area contributed by atoms with Crippen molar-refractivity contribution in [3.05, 3.63) is 22.7 Å². The third-order valence-electron chi connectivity index (χ3n) is 4.05. The number of amides is 1. The van der Waals surface area contributed by atoms with Gasteiger partial charge < -0.3 is 9.42 Å². The van der Waals surface area contributed by atoms with Gasteiger partial charge in [-0.05, 0) is 36.6 Å². The zero-order valence-electron chi connectivity index (χ0n) is 12.8. The molecule has 3 rings (SSSR count). The van der Waals surface area contributed by atoms with Crippen molar-refractivity contribution in [2.75, 3.05) is 13.1 Å². The molecule has 1 saturated heterocycles. The predicted molar refractivity (Wildman–Crippen MR) is 85.5 cm³/mol. The van der Waals surface area contributed by atoms with Gasteiger partial charge in [0.2, 0.25) is 17.6 Å². The molecule has 0 aliphatic carbocycles. The van der Waals surface area contributed by atoms with E-state index in [-0.39, 0.29) is 5.91 Å². The molecule has 1 unspecified atom stereocenters. The Morgan fingerprint density at radius 1 is 1.55 bits per heavy atom. The maximum absolute atomic E-state index is 12.0. The van der Waals surface area contributed by atoms with Gasteiger partial charge in [0.1, 0.15) is 0 Å². The van der Waals surface area contributed by atoms with E-state index >= 15 is 0 Å². The van der Waals surface area contributed by atoms with Gasteiger partial charge in [0.15, 0.2) is 0 Å². The van der Waals surface area contributed by atoms with Gasteiger partial charge in [0.25, 0.3) is 0 Å². The molecule has 2 aromatic heterocycles. The zero-order valence-corrected chi connectivity index (χ0v) is 13.6. The molecule has 5 nitrogen and oxygen atoms in total. The van der Waals surface area contributed by atoms with Gasteiger partial charge in [0.05, 0.1) is 0 Å². The van der Waals surface area contributed by atoms with E-state index in [1.165, 1.54) is 0 Å². The lowest BCUT2D eigenvalue weighted by atomic mass is 9.94. The molecule has 0 N–H and O–H groups in total.